The van der Waals surface area contributed by atoms with Gasteiger partial charge in [0, 0.05) is 18.8 Å². The van der Waals surface area contributed by atoms with E-state index in [0.717, 1.165) is 57.5 Å². The molecule has 0 atom stereocenters. The Bertz CT molecular complexity index is 661. The molecule has 0 unspecified atom stereocenters. The quantitative estimate of drug-likeness (QED) is 0.841. The number of hydrogen-bond acceptors (Lipinski definition) is 3. The van der Waals surface area contributed by atoms with Crippen LogP contribution in [0.25, 0.3) is 0 Å². The van der Waals surface area contributed by atoms with Gasteiger partial charge < -0.3 is 9.64 Å². The van der Waals surface area contributed by atoms with Crippen molar-refractivity contribution in [3.05, 3.63) is 53.3 Å². The van der Waals surface area contributed by atoms with Gasteiger partial charge in [-0.25, -0.2) is 0 Å². The number of nitrogens with zero attached hydrogens (tertiary/aromatic N) is 2. The van der Waals surface area contributed by atoms with E-state index in [4.69, 9.17) is 4.74 Å². The highest BCUT2D eigenvalue weighted by molar-refractivity contribution is 5.92. The zero-order valence-electron chi connectivity index (χ0n) is 14.9. The molecule has 5 nitrogen and oxygen atoms in total. The second-order valence-electron chi connectivity index (χ2n) is 6.63. The highest BCUT2D eigenvalue weighted by atomic mass is 16.5. The summed E-state index contributed by atoms with van der Waals surface area (Å²) in [7, 11) is 0. The fourth-order valence-electron chi connectivity index (χ4n) is 3.24. The molecule has 1 aliphatic heterocycles. The van der Waals surface area contributed by atoms with Gasteiger partial charge in [-0.2, -0.15) is 5.10 Å². The Labute approximate surface area is 149 Å². The van der Waals surface area contributed by atoms with Gasteiger partial charge in [-0.05, 0) is 37.3 Å². The number of carbonyl (C=O) groups is 1. The third-order valence-corrected chi connectivity index (χ3v) is 4.69. The Hall–Kier alpha value is -2.14. The third-order valence-electron chi connectivity index (χ3n) is 4.69. The Kier molecular flexibility index (Phi) is 6.23. The number of H-pyrrole nitrogens is 1. The standard InChI is InChI=1S/C20H27N3O2/c1-2-6-17-15-19(22-21-17)20(24)23-12-9-18(10-13-23)25-14-11-16-7-4-3-5-8-16/h3-5,7-8,15,18H,2,6,9-14H2,1H3,(H,21,22). The van der Waals surface area contributed by atoms with Crippen molar-refractivity contribution in [2.24, 2.45) is 0 Å². The fraction of sp³-hybridized carbons (Fsp3) is 0.500. The van der Waals surface area contributed by atoms with Gasteiger partial charge in [0.1, 0.15) is 5.69 Å². The first-order chi connectivity index (χ1) is 12.3. The van der Waals surface area contributed by atoms with Crippen molar-refractivity contribution < 1.29 is 9.53 Å². The van der Waals surface area contributed by atoms with Crippen LogP contribution in [-0.4, -0.2) is 46.8 Å². The van der Waals surface area contributed by atoms with Gasteiger partial charge in [0.25, 0.3) is 5.91 Å². The van der Waals surface area contributed by atoms with Crippen molar-refractivity contribution >= 4 is 5.91 Å². The summed E-state index contributed by atoms with van der Waals surface area (Å²) in [6.07, 6.45) is 4.95. The van der Waals surface area contributed by atoms with Crippen molar-refractivity contribution in [1.29, 1.82) is 0 Å². The number of carbonyl (C=O) groups excluding carboxylic acids is 1. The summed E-state index contributed by atoms with van der Waals surface area (Å²) < 4.78 is 6.00. The van der Waals surface area contributed by atoms with E-state index in [9.17, 15) is 4.79 Å². The zero-order valence-corrected chi connectivity index (χ0v) is 14.9. The lowest BCUT2D eigenvalue weighted by atomic mass is 10.1. The molecule has 0 saturated carbocycles. The van der Waals surface area contributed by atoms with E-state index in [1.165, 1.54) is 5.56 Å². The first-order valence-corrected chi connectivity index (χ1v) is 9.25. The molecule has 1 aromatic heterocycles. The average Bonchev–Trinajstić information content (AvgIpc) is 3.12. The Morgan fingerprint density at radius 3 is 2.72 bits per heavy atom. The summed E-state index contributed by atoms with van der Waals surface area (Å²) >= 11 is 0. The van der Waals surface area contributed by atoms with Crippen LogP contribution in [-0.2, 0) is 17.6 Å². The Morgan fingerprint density at radius 2 is 2.00 bits per heavy atom. The molecule has 2 heterocycles. The van der Waals surface area contributed by atoms with Gasteiger partial charge in [-0.1, -0.05) is 43.7 Å². The van der Waals surface area contributed by atoms with Crippen molar-refractivity contribution in [3.8, 4) is 0 Å². The minimum atomic E-state index is 0.0290. The van der Waals surface area contributed by atoms with E-state index in [0.29, 0.717) is 5.69 Å². The molecule has 0 radical (unpaired) electrons. The van der Waals surface area contributed by atoms with Crippen molar-refractivity contribution in [1.82, 2.24) is 15.1 Å². The van der Waals surface area contributed by atoms with Crippen LogP contribution in [0.1, 0.15) is 47.9 Å². The number of benzene rings is 1. The van der Waals surface area contributed by atoms with Crippen molar-refractivity contribution in [2.75, 3.05) is 19.7 Å². The molecule has 0 aliphatic carbocycles. The molecular formula is C20H27N3O2. The number of piperidine rings is 1. The number of ether oxygens (including phenoxy) is 1. The maximum absolute atomic E-state index is 12.5. The number of aromatic nitrogens is 2. The van der Waals surface area contributed by atoms with Gasteiger partial charge in [0.05, 0.1) is 12.7 Å². The van der Waals surface area contributed by atoms with E-state index in [-0.39, 0.29) is 12.0 Å². The smallest absolute Gasteiger partial charge is 0.274 e. The summed E-state index contributed by atoms with van der Waals surface area (Å²) in [5.74, 6) is 0.0290. The molecular weight excluding hydrogens is 314 g/mol. The van der Waals surface area contributed by atoms with Crippen LogP contribution in [0, 0.1) is 0 Å². The lowest BCUT2D eigenvalue weighted by Gasteiger charge is -2.31. The van der Waals surface area contributed by atoms with Crippen molar-refractivity contribution in [3.63, 3.8) is 0 Å². The molecule has 0 bridgehead atoms. The van der Waals surface area contributed by atoms with Gasteiger partial charge in [0.2, 0.25) is 0 Å². The highest BCUT2D eigenvalue weighted by Crippen LogP contribution is 2.17. The molecule has 25 heavy (non-hydrogen) atoms. The second kappa shape index (κ2) is 8.81. The first-order valence-electron chi connectivity index (χ1n) is 9.25. The van der Waals surface area contributed by atoms with Gasteiger partial charge in [0.15, 0.2) is 0 Å². The van der Waals surface area contributed by atoms with Gasteiger partial charge in [-0.15, -0.1) is 0 Å². The largest absolute Gasteiger partial charge is 0.378 e. The van der Waals surface area contributed by atoms with Crippen LogP contribution in [0.4, 0.5) is 0 Å². The number of hydrogen-bond donors (Lipinski definition) is 1. The van der Waals surface area contributed by atoms with Crippen LogP contribution in [0.5, 0.6) is 0 Å². The maximum Gasteiger partial charge on any atom is 0.274 e. The Morgan fingerprint density at radius 1 is 1.24 bits per heavy atom. The van der Waals surface area contributed by atoms with Crippen LogP contribution in [0.2, 0.25) is 0 Å². The lowest BCUT2D eigenvalue weighted by Crippen LogP contribution is -2.41. The third kappa shape index (κ3) is 4.92. The number of amides is 1. The second-order valence-corrected chi connectivity index (χ2v) is 6.63. The van der Waals surface area contributed by atoms with Crippen LogP contribution in [0.3, 0.4) is 0 Å². The van der Waals surface area contributed by atoms with E-state index in [1.54, 1.807) is 0 Å². The minimum absolute atomic E-state index is 0.0290. The number of likely N-dealkylation sites (tertiary alicyclic amines) is 1. The molecule has 2 aromatic rings. The number of rotatable bonds is 7. The fourth-order valence-corrected chi connectivity index (χ4v) is 3.24. The average molecular weight is 341 g/mol. The monoisotopic (exact) mass is 341 g/mol. The molecule has 3 rings (SSSR count). The molecule has 1 N–H and O–H groups in total. The van der Waals surface area contributed by atoms with Crippen LogP contribution >= 0.6 is 0 Å². The molecule has 5 heteroatoms. The first kappa shape index (κ1) is 17.7. The summed E-state index contributed by atoms with van der Waals surface area (Å²) in [4.78, 5) is 14.4. The summed E-state index contributed by atoms with van der Waals surface area (Å²) in [6.45, 7) is 4.34. The van der Waals surface area contributed by atoms with E-state index < -0.39 is 0 Å². The minimum Gasteiger partial charge on any atom is -0.378 e. The molecule has 1 fully saturated rings. The maximum atomic E-state index is 12.5. The molecule has 1 aromatic carbocycles. The number of nitrogens with one attached hydrogen (secondary N) is 1. The lowest BCUT2D eigenvalue weighted by molar-refractivity contribution is 0.00988. The highest BCUT2D eigenvalue weighted by Gasteiger charge is 2.25. The van der Waals surface area contributed by atoms with Crippen LogP contribution < -0.4 is 0 Å². The molecule has 1 aliphatic rings. The molecule has 1 saturated heterocycles. The van der Waals surface area contributed by atoms with Crippen LogP contribution in [0.15, 0.2) is 36.4 Å². The van der Waals surface area contributed by atoms with Gasteiger partial charge >= 0.3 is 0 Å². The summed E-state index contributed by atoms with van der Waals surface area (Å²) in [6, 6.07) is 12.3. The Balaban J connectivity index is 1.41. The zero-order chi connectivity index (χ0) is 17.5. The van der Waals surface area contributed by atoms with E-state index in [2.05, 4.69) is 41.4 Å². The van der Waals surface area contributed by atoms with Gasteiger partial charge in [-0.3, -0.25) is 9.89 Å². The SMILES string of the molecule is CCCc1cc(C(=O)N2CCC(OCCc3ccccc3)CC2)n[nH]1. The predicted octanol–water partition coefficient (Wildman–Crippen LogP) is 3.23. The van der Waals surface area contributed by atoms with E-state index >= 15 is 0 Å². The molecule has 134 valence electrons. The molecule has 0 spiro atoms. The summed E-state index contributed by atoms with van der Waals surface area (Å²) in [5, 5.41) is 7.12. The molecule has 1 amide bonds. The van der Waals surface area contributed by atoms with E-state index in [1.807, 2.05) is 17.0 Å². The number of aryl methyl sites for hydroxylation is 1. The topological polar surface area (TPSA) is 58.2 Å². The normalized spacial score (nSPS) is 15.5. The van der Waals surface area contributed by atoms with Crippen molar-refractivity contribution in [2.45, 2.75) is 45.1 Å². The predicted molar refractivity (Wildman–Crippen MR) is 97.6 cm³/mol. The summed E-state index contributed by atoms with van der Waals surface area (Å²) in [5.41, 5.74) is 2.87. The number of aromatic amines is 1.